The quantitative estimate of drug-likeness (QED) is 0.182. The highest BCUT2D eigenvalue weighted by atomic mass is 127. The second kappa shape index (κ2) is 14.4. The Hall–Kier alpha value is -0.900. The summed E-state index contributed by atoms with van der Waals surface area (Å²) in [6.07, 6.45) is 7.44. The first-order chi connectivity index (χ1) is 11.2. The van der Waals surface area contributed by atoms with Crippen molar-refractivity contribution in [3.05, 3.63) is 16.1 Å². The molecule has 0 fully saturated rings. The van der Waals surface area contributed by atoms with Gasteiger partial charge in [-0.15, -0.1) is 35.3 Å². The number of aliphatic imine (C=N–C) groups is 1. The van der Waals surface area contributed by atoms with Crippen molar-refractivity contribution in [1.29, 1.82) is 0 Å². The Morgan fingerprint density at radius 2 is 1.96 bits per heavy atom. The summed E-state index contributed by atoms with van der Waals surface area (Å²) in [5.74, 6) is 0.705. The van der Waals surface area contributed by atoms with Gasteiger partial charge in [0.15, 0.2) is 5.96 Å². The molecule has 8 heteroatoms. The number of hydrogen-bond acceptors (Lipinski definition) is 5. The number of hydrogen-bond donors (Lipinski definition) is 2. The maximum Gasteiger partial charge on any atom is 0.305 e. The number of carbonyl (C=O) groups excluding carboxylic acids is 1. The fourth-order valence-electron chi connectivity index (χ4n) is 2.08. The molecular formula is C16H29IN4O2S. The lowest BCUT2D eigenvalue weighted by Crippen LogP contribution is -2.38. The van der Waals surface area contributed by atoms with Crippen molar-refractivity contribution < 1.29 is 9.53 Å². The number of nitrogens with one attached hydrogen (secondary N) is 2. The number of rotatable bonds is 10. The first-order valence-corrected chi connectivity index (χ1v) is 8.90. The molecule has 0 saturated heterocycles. The molecule has 0 aliphatic rings. The minimum absolute atomic E-state index is 0. The highest BCUT2D eigenvalue weighted by Gasteiger charge is 2.01. The molecular weight excluding hydrogens is 439 g/mol. The summed E-state index contributed by atoms with van der Waals surface area (Å²) in [6.45, 7) is 3.78. The van der Waals surface area contributed by atoms with E-state index in [1.165, 1.54) is 12.0 Å². The highest BCUT2D eigenvalue weighted by Crippen LogP contribution is 2.10. The third-order valence-corrected chi connectivity index (χ3v) is 4.32. The Kier molecular flexibility index (Phi) is 13.9. The van der Waals surface area contributed by atoms with Crippen LogP contribution in [0.15, 0.2) is 11.2 Å². The number of guanidine groups is 1. The van der Waals surface area contributed by atoms with Gasteiger partial charge < -0.3 is 15.4 Å². The number of unbranched alkanes of at least 4 members (excludes halogenated alkanes) is 3. The van der Waals surface area contributed by atoms with Crippen molar-refractivity contribution in [2.45, 2.75) is 45.4 Å². The number of esters is 1. The van der Waals surface area contributed by atoms with Gasteiger partial charge in [-0.25, -0.2) is 4.98 Å². The number of nitrogens with zero attached hydrogens (tertiary/aromatic N) is 2. The predicted octanol–water partition coefficient (Wildman–Crippen LogP) is 2.90. The number of carbonyl (C=O) groups is 1. The van der Waals surface area contributed by atoms with Crippen LogP contribution < -0.4 is 10.6 Å². The Balaban J connectivity index is 0.00000529. The summed E-state index contributed by atoms with van der Waals surface area (Å²) < 4.78 is 4.62. The molecule has 0 atom stereocenters. The van der Waals surface area contributed by atoms with Crippen LogP contribution in [0.2, 0.25) is 0 Å². The number of methoxy groups -OCH3 is 1. The molecule has 1 heterocycles. The van der Waals surface area contributed by atoms with Gasteiger partial charge in [-0.3, -0.25) is 9.79 Å². The maximum absolute atomic E-state index is 11.0. The molecule has 0 unspecified atom stereocenters. The largest absolute Gasteiger partial charge is 0.469 e. The fourth-order valence-corrected chi connectivity index (χ4v) is 2.87. The van der Waals surface area contributed by atoms with E-state index in [0.29, 0.717) is 6.42 Å². The molecule has 0 radical (unpaired) electrons. The van der Waals surface area contributed by atoms with Gasteiger partial charge in [0, 0.05) is 44.1 Å². The van der Waals surface area contributed by atoms with E-state index in [4.69, 9.17) is 0 Å². The number of halogens is 1. The lowest BCUT2D eigenvalue weighted by Gasteiger charge is -2.11. The van der Waals surface area contributed by atoms with E-state index in [2.05, 4.69) is 32.3 Å². The second-order valence-electron chi connectivity index (χ2n) is 5.28. The molecule has 1 aromatic rings. The standard InChI is InChI=1S/C16H28N4O2S.HI/c1-13-12-20-14(23-13)9-11-19-16(17-2)18-10-7-5-4-6-8-15(21)22-3;/h12H,4-11H2,1-3H3,(H2,17,18,19);1H. The molecule has 1 aromatic heterocycles. The molecule has 0 aliphatic heterocycles. The summed E-state index contributed by atoms with van der Waals surface area (Å²) in [4.78, 5) is 20.8. The van der Waals surface area contributed by atoms with Crippen molar-refractivity contribution in [3.63, 3.8) is 0 Å². The molecule has 0 bridgehead atoms. The highest BCUT2D eigenvalue weighted by molar-refractivity contribution is 14.0. The molecule has 6 nitrogen and oxygen atoms in total. The van der Waals surface area contributed by atoms with Crippen LogP contribution in [-0.4, -0.2) is 44.2 Å². The van der Waals surface area contributed by atoms with Crippen LogP contribution in [-0.2, 0) is 16.0 Å². The molecule has 2 N–H and O–H groups in total. The topological polar surface area (TPSA) is 75.6 Å². The zero-order valence-electron chi connectivity index (χ0n) is 14.8. The van der Waals surface area contributed by atoms with Gasteiger partial charge in [-0.05, 0) is 19.8 Å². The summed E-state index contributed by atoms with van der Waals surface area (Å²) in [6, 6.07) is 0. The third-order valence-electron chi connectivity index (χ3n) is 3.35. The molecule has 24 heavy (non-hydrogen) atoms. The Morgan fingerprint density at radius 1 is 1.25 bits per heavy atom. The van der Waals surface area contributed by atoms with Gasteiger partial charge >= 0.3 is 5.97 Å². The number of aromatic nitrogens is 1. The van der Waals surface area contributed by atoms with E-state index in [0.717, 1.165) is 56.2 Å². The minimum Gasteiger partial charge on any atom is -0.469 e. The van der Waals surface area contributed by atoms with E-state index in [-0.39, 0.29) is 29.9 Å². The zero-order chi connectivity index (χ0) is 16.9. The first kappa shape index (κ1) is 23.1. The predicted molar refractivity (Wildman–Crippen MR) is 110 cm³/mol. The molecule has 0 aliphatic carbocycles. The van der Waals surface area contributed by atoms with Crippen molar-refractivity contribution in [1.82, 2.24) is 15.6 Å². The van der Waals surface area contributed by atoms with Crippen LogP contribution in [0.25, 0.3) is 0 Å². The van der Waals surface area contributed by atoms with Gasteiger partial charge in [0.05, 0.1) is 12.1 Å². The van der Waals surface area contributed by atoms with E-state index >= 15 is 0 Å². The number of thiazole rings is 1. The number of aryl methyl sites for hydroxylation is 1. The lowest BCUT2D eigenvalue weighted by atomic mass is 10.1. The van der Waals surface area contributed by atoms with Crippen LogP contribution in [0.1, 0.15) is 42.0 Å². The van der Waals surface area contributed by atoms with E-state index in [1.807, 2.05) is 6.20 Å². The fraction of sp³-hybridized carbons (Fsp3) is 0.688. The molecule has 0 aromatic carbocycles. The second-order valence-corrected chi connectivity index (χ2v) is 6.60. The van der Waals surface area contributed by atoms with Gasteiger partial charge in [0.2, 0.25) is 0 Å². The van der Waals surface area contributed by atoms with Gasteiger partial charge in [0.25, 0.3) is 0 Å². The van der Waals surface area contributed by atoms with Crippen molar-refractivity contribution in [3.8, 4) is 0 Å². The summed E-state index contributed by atoms with van der Waals surface area (Å²) in [7, 11) is 3.21. The number of ether oxygens (including phenoxy) is 1. The van der Waals surface area contributed by atoms with Crippen LogP contribution in [0.3, 0.4) is 0 Å². The summed E-state index contributed by atoms with van der Waals surface area (Å²) in [5.41, 5.74) is 0. The Bertz CT molecular complexity index is 494. The van der Waals surface area contributed by atoms with Crippen LogP contribution in [0.5, 0.6) is 0 Å². The Morgan fingerprint density at radius 3 is 2.58 bits per heavy atom. The van der Waals surface area contributed by atoms with Crippen LogP contribution >= 0.6 is 35.3 Å². The minimum atomic E-state index is -0.122. The smallest absolute Gasteiger partial charge is 0.305 e. The average Bonchev–Trinajstić information content (AvgIpc) is 2.97. The van der Waals surface area contributed by atoms with Crippen molar-refractivity contribution >= 4 is 47.2 Å². The average molecular weight is 468 g/mol. The van der Waals surface area contributed by atoms with E-state index in [1.54, 1.807) is 18.4 Å². The van der Waals surface area contributed by atoms with E-state index in [9.17, 15) is 4.79 Å². The van der Waals surface area contributed by atoms with Crippen LogP contribution in [0, 0.1) is 6.92 Å². The normalized spacial score (nSPS) is 10.9. The third kappa shape index (κ3) is 10.8. The van der Waals surface area contributed by atoms with Crippen LogP contribution in [0.4, 0.5) is 0 Å². The van der Waals surface area contributed by atoms with Gasteiger partial charge in [0.1, 0.15) is 0 Å². The maximum atomic E-state index is 11.0. The molecule has 138 valence electrons. The Labute approximate surface area is 165 Å². The van der Waals surface area contributed by atoms with Gasteiger partial charge in [-0.1, -0.05) is 12.8 Å². The van der Waals surface area contributed by atoms with Crippen molar-refractivity contribution in [2.24, 2.45) is 4.99 Å². The summed E-state index contributed by atoms with van der Waals surface area (Å²) in [5, 5.41) is 7.75. The molecule has 0 saturated carbocycles. The van der Waals surface area contributed by atoms with Crippen molar-refractivity contribution in [2.75, 3.05) is 27.2 Å². The zero-order valence-corrected chi connectivity index (χ0v) is 17.9. The molecule has 0 amide bonds. The lowest BCUT2D eigenvalue weighted by molar-refractivity contribution is -0.140. The van der Waals surface area contributed by atoms with Gasteiger partial charge in [-0.2, -0.15) is 0 Å². The summed E-state index contributed by atoms with van der Waals surface area (Å²) >= 11 is 1.74. The molecule has 1 rings (SSSR count). The first-order valence-electron chi connectivity index (χ1n) is 8.08. The monoisotopic (exact) mass is 468 g/mol. The van der Waals surface area contributed by atoms with E-state index < -0.39 is 0 Å². The SMILES string of the molecule is CN=C(NCCCCCCC(=O)OC)NCCc1ncc(C)s1.I. The molecule has 0 spiro atoms.